The zero-order valence-corrected chi connectivity index (χ0v) is 7.50. The molecule has 1 nitrogen and oxygen atoms in total. The van der Waals surface area contributed by atoms with Crippen molar-refractivity contribution in [2.75, 3.05) is 19.6 Å². The van der Waals surface area contributed by atoms with Crippen LogP contribution in [0.5, 0.6) is 0 Å². The molecule has 0 atom stereocenters. The Balaban J connectivity index is 1.69. The molecule has 0 spiro atoms. The molecule has 1 heterocycles. The molecule has 2 rings (SSSR count). The highest BCUT2D eigenvalue weighted by atomic mass is 15.1. The minimum absolute atomic E-state index is 1.16. The summed E-state index contributed by atoms with van der Waals surface area (Å²) < 4.78 is 0. The minimum Gasteiger partial charge on any atom is -0.303 e. The van der Waals surface area contributed by atoms with Crippen LogP contribution in [0.25, 0.3) is 0 Å². The van der Waals surface area contributed by atoms with Crippen molar-refractivity contribution < 1.29 is 0 Å². The molecule has 12 heavy (non-hydrogen) atoms. The predicted molar refractivity (Wildman–Crippen MR) is 50.7 cm³/mol. The van der Waals surface area contributed by atoms with Crippen LogP contribution in [0.15, 0.2) is 0 Å². The molecule has 1 aliphatic heterocycles. The van der Waals surface area contributed by atoms with E-state index < -0.39 is 0 Å². The molecular formula is C11H16N. The Kier molecular flexibility index (Phi) is 3.04. The van der Waals surface area contributed by atoms with Gasteiger partial charge in [0.05, 0.1) is 0 Å². The topological polar surface area (TPSA) is 3.24 Å². The summed E-state index contributed by atoms with van der Waals surface area (Å²) in [7, 11) is 0. The second-order valence-electron chi connectivity index (χ2n) is 3.63. The molecule has 0 bridgehead atoms. The third-order valence-electron chi connectivity index (χ3n) is 2.59. The third kappa shape index (κ3) is 2.22. The van der Waals surface area contributed by atoms with Crippen molar-refractivity contribution in [3.63, 3.8) is 0 Å². The normalized spacial score (nSPS) is 28.0. The lowest BCUT2D eigenvalue weighted by molar-refractivity contribution is 0.240. The Morgan fingerprint density at radius 1 is 1.00 bits per heavy atom. The number of nitrogens with zero attached hydrogens (tertiary/aromatic N) is 1. The quantitative estimate of drug-likeness (QED) is 0.599. The van der Waals surface area contributed by atoms with E-state index in [2.05, 4.69) is 30.6 Å². The molecule has 0 amide bonds. The van der Waals surface area contributed by atoms with Gasteiger partial charge in [0.25, 0.3) is 0 Å². The summed E-state index contributed by atoms with van der Waals surface area (Å²) >= 11 is 0. The molecule has 1 saturated carbocycles. The van der Waals surface area contributed by atoms with Crippen molar-refractivity contribution in [1.82, 2.24) is 4.90 Å². The number of likely N-dealkylation sites (tertiary alicyclic amines) is 1. The fourth-order valence-corrected chi connectivity index (χ4v) is 1.89. The second kappa shape index (κ2) is 4.27. The fourth-order valence-electron chi connectivity index (χ4n) is 1.89. The standard InChI is InChI=1S/C11H16N/c1-4-8-12(9-5-1)10-11-6-2-3-7-11/h2-3,6-7H,1,4-5,8-10H2. The van der Waals surface area contributed by atoms with Crippen molar-refractivity contribution >= 4 is 0 Å². The first-order chi connectivity index (χ1) is 5.95. The van der Waals surface area contributed by atoms with E-state index in [1.807, 2.05) is 0 Å². The molecular weight excluding hydrogens is 146 g/mol. The van der Waals surface area contributed by atoms with Crippen LogP contribution in [0, 0.1) is 31.6 Å². The van der Waals surface area contributed by atoms with Crippen LogP contribution >= 0.6 is 0 Å². The highest BCUT2D eigenvalue weighted by Crippen LogP contribution is 2.24. The molecule has 2 aliphatic rings. The van der Waals surface area contributed by atoms with Crippen molar-refractivity contribution in [3.05, 3.63) is 31.6 Å². The van der Waals surface area contributed by atoms with E-state index >= 15 is 0 Å². The van der Waals surface area contributed by atoms with Crippen molar-refractivity contribution in [2.45, 2.75) is 19.3 Å². The lowest BCUT2D eigenvalue weighted by Gasteiger charge is -2.28. The molecule has 1 saturated heterocycles. The zero-order valence-electron chi connectivity index (χ0n) is 7.50. The van der Waals surface area contributed by atoms with E-state index in [0.717, 1.165) is 6.54 Å². The maximum atomic E-state index is 2.55. The fraction of sp³-hybridized carbons (Fsp3) is 0.545. The Labute approximate surface area is 76.1 Å². The van der Waals surface area contributed by atoms with Crippen LogP contribution in [-0.4, -0.2) is 24.5 Å². The average Bonchev–Trinajstić information content (AvgIpc) is 2.59. The summed E-state index contributed by atoms with van der Waals surface area (Å²) in [6, 6.07) is 0. The average molecular weight is 162 g/mol. The molecule has 0 aromatic rings. The first-order valence-corrected chi connectivity index (χ1v) is 4.88. The molecule has 0 unspecified atom stereocenters. The van der Waals surface area contributed by atoms with Crippen molar-refractivity contribution in [3.8, 4) is 0 Å². The summed E-state index contributed by atoms with van der Waals surface area (Å²) in [5.74, 6) is 1.47. The van der Waals surface area contributed by atoms with E-state index in [9.17, 15) is 0 Å². The smallest absolute Gasteiger partial charge is 0.00498 e. The Bertz CT molecular complexity index is 121. The summed E-state index contributed by atoms with van der Waals surface area (Å²) in [4.78, 5) is 2.55. The van der Waals surface area contributed by atoms with Gasteiger partial charge >= 0.3 is 0 Å². The first-order valence-electron chi connectivity index (χ1n) is 4.88. The molecule has 2 fully saturated rings. The summed E-state index contributed by atoms with van der Waals surface area (Å²) in [5.41, 5.74) is 0. The lowest BCUT2D eigenvalue weighted by Crippen LogP contribution is -2.33. The number of hydrogen-bond acceptors (Lipinski definition) is 1. The largest absolute Gasteiger partial charge is 0.303 e. The highest BCUT2D eigenvalue weighted by molar-refractivity contribution is 5.36. The maximum Gasteiger partial charge on any atom is 0.00498 e. The minimum atomic E-state index is 1.16. The van der Waals surface area contributed by atoms with Gasteiger partial charge < -0.3 is 4.90 Å². The first kappa shape index (κ1) is 8.55. The number of hydrogen-bond donors (Lipinski definition) is 0. The van der Waals surface area contributed by atoms with Crippen LogP contribution in [0.4, 0.5) is 0 Å². The molecule has 65 valence electrons. The molecule has 5 radical (unpaired) electrons. The van der Waals surface area contributed by atoms with Crippen LogP contribution < -0.4 is 0 Å². The van der Waals surface area contributed by atoms with Crippen molar-refractivity contribution in [2.24, 2.45) is 0 Å². The molecule has 1 heteroatoms. The van der Waals surface area contributed by atoms with Crippen LogP contribution in [-0.2, 0) is 0 Å². The van der Waals surface area contributed by atoms with Gasteiger partial charge in [-0.3, -0.25) is 0 Å². The second-order valence-corrected chi connectivity index (χ2v) is 3.63. The lowest BCUT2D eigenvalue weighted by atomic mass is 10.1. The van der Waals surface area contributed by atoms with Crippen LogP contribution in [0.1, 0.15) is 19.3 Å². The van der Waals surface area contributed by atoms with E-state index in [0.29, 0.717) is 0 Å². The third-order valence-corrected chi connectivity index (χ3v) is 2.59. The molecule has 0 aromatic carbocycles. The summed E-state index contributed by atoms with van der Waals surface area (Å²) in [6.45, 7) is 3.75. The summed E-state index contributed by atoms with van der Waals surface area (Å²) in [6.07, 6.45) is 12.9. The van der Waals surface area contributed by atoms with E-state index in [4.69, 9.17) is 0 Å². The van der Waals surface area contributed by atoms with Gasteiger partial charge in [0, 0.05) is 6.54 Å². The molecule has 1 aliphatic carbocycles. The monoisotopic (exact) mass is 162 g/mol. The van der Waals surface area contributed by atoms with E-state index in [1.54, 1.807) is 0 Å². The maximum absolute atomic E-state index is 2.55. The Hall–Kier alpha value is -0.0400. The van der Waals surface area contributed by atoms with Gasteiger partial charge in [-0.2, -0.15) is 0 Å². The number of piperidine rings is 1. The van der Waals surface area contributed by atoms with Crippen LogP contribution in [0.2, 0.25) is 0 Å². The molecule has 0 N–H and O–H groups in total. The van der Waals surface area contributed by atoms with Crippen LogP contribution in [0.3, 0.4) is 0 Å². The van der Waals surface area contributed by atoms with Gasteiger partial charge in [-0.15, -0.1) is 0 Å². The van der Waals surface area contributed by atoms with Gasteiger partial charge in [-0.05, 0) is 57.5 Å². The highest BCUT2D eigenvalue weighted by Gasteiger charge is 2.20. The van der Waals surface area contributed by atoms with E-state index in [-0.39, 0.29) is 0 Å². The van der Waals surface area contributed by atoms with Gasteiger partial charge in [-0.1, -0.05) is 6.42 Å². The van der Waals surface area contributed by atoms with Gasteiger partial charge in [-0.25, -0.2) is 0 Å². The van der Waals surface area contributed by atoms with Gasteiger partial charge in [0.1, 0.15) is 0 Å². The Morgan fingerprint density at radius 3 is 2.33 bits per heavy atom. The zero-order chi connectivity index (χ0) is 8.23. The predicted octanol–water partition coefficient (Wildman–Crippen LogP) is 1.88. The van der Waals surface area contributed by atoms with Gasteiger partial charge in [0.15, 0.2) is 0 Å². The van der Waals surface area contributed by atoms with E-state index in [1.165, 1.54) is 38.3 Å². The van der Waals surface area contributed by atoms with Crippen molar-refractivity contribution in [1.29, 1.82) is 0 Å². The van der Waals surface area contributed by atoms with Gasteiger partial charge in [0.2, 0.25) is 0 Å². The SMILES string of the molecule is [CH]1[CH][CH][C](CN2CCCCC2)[CH]1. The summed E-state index contributed by atoms with van der Waals surface area (Å²) in [5, 5.41) is 0. The molecule has 0 aromatic heterocycles. The number of rotatable bonds is 2. The Morgan fingerprint density at radius 2 is 1.67 bits per heavy atom.